The Morgan fingerprint density at radius 3 is 2.67 bits per heavy atom. The predicted molar refractivity (Wildman–Crippen MR) is 86.0 cm³/mol. The van der Waals surface area contributed by atoms with E-state index in [9.17, 15) is 4.39 Å². The van der Waals surface area contributed by atoms with Crippen molar-refractivity contribution in [3.05, 3.63) is 56.8 Å². The van der Waals surface area contributed by atoms with Crippen LogP contribution in [0.25, 0.3) is 0 Å². The molecule has 2 nitrogen and oxygen atoms in total. The Labute approximate surface area is 140 Å². The second-order valence-electron chi connectivity index (χ2n) is 4.27. The minimum Gasteiger partial charge on any atom is -0.493 e. The Bertz CT molecular complexity index is 650. The van der Waals surface area contributed by atoms with Crippen LogP contribution < -0.4 is 9.47 Å². The predicted octanol–water partition coefficient (Wildman–Crippen LogP) is 5.57. The molecule has 0 saturated carbocycles. The number of halogens is 4. The van der Waals surface area contributed by atoms with Crippen molar-refractivity contribution in [2.45, 2.75) is 12.5 Å². The van der Waals surface area contributed by atoms with E-state index in [1.807, 2.05) is 6.07 Å². The van der Waals surface area contributed by atoms with E-state index in [2.05, 4.69) is 15.9 Å². The lowest BCUT2D eigenvalue weighted by atomic mass is 10.2. The zero-order chi connectivity index (χ0) is 15.4. The number of hydrogen-bond donors (Lipinski definition) is 0. The van der Waals surface area contributed by atoms with Gasteiger partial charge >= 0.3 is 0 Å². The molecule has 0 radical (unpaired) electrons. The van der Waals surface area contributed by atoms with Crippen LogP contribution in [0.5, 0.6) is 11.5 Å². The number of ether oxygens (including phenoxy) is 2. The van der Waals surface area contributed by atoms with Gasteiger partial charge in [-0.2, -0.15) is 0 Å². The van der Waals surface area contributed by atoms with Crippen LogP contribution in [0.4, 0.5) is 4.39 Å². The van der Waals surface area contributed by atoms with Crippen LogP contribution in [0.3, 0.4) is 0 Å². The molecule has 0 bridgehead atoms. The van der Waals surface area contributed by atoms with Gasteiger partial charge < -0.3 is 9.47 Å². The van der Waals surface area contributed by atoms with Crippen LogP contribution in [0.2, 0.25) is 5.02 Å². The van der Waals surface area contributed by atoms with E-state index < -0.39 is 0 Å². The second kappa shape index (κ2) is 7.34. The van der Waals surface area contributed by atoms with E-state index in [0.717, 1.165) is 5.56 Å². The number of benzene rings is 2. The van der Waals surface area contributed by atoms with Gasteiger partial charge in [0.05, 0.1) is 11.6 Å². The number of alkyl halides is 1. The summed E-state index contributed by atoms with van der Waals surface area (Å²) in [5, 5.41) is 0.448. The van der Waals surface area contributed by atoms with Gasteiger partial charge in [-0.3, -0.25) is 0 Å². The van der Waals surface area contributed by atoms with Gasteiger partial charge in [0.2, 0.25) is 0 Å². The van der Waals surface area contributed by atoms with Crippen molar-refractivity contribution in [3.8, 4) is 11.5 Å². The zero-order valence-corrected chi connectivity index (χ0v) is 14.2. The van der Waals surface area contributed by atoms with E-state index in [0.29, 0.717) is 32.4 Å². The highest BCUT2D eigenvalue weighted by Gasteiger charge is 2.13. The highest BCUT2D eigenvalue weighted by Crippen LogP contribution is 2.37. The standard InChI is InChI=1S/C15H12BrCl2FO2/c1-20-14-5-9(7-17)4-12(16)15(14)21-8-10-6-11(19)2-3-13(10)18/h2-6H,7-8H2,1H3. The molecular formula is C15H12BrCl2FO2. The highest BCUT2D eigenvalue weighted by molar-refractivity contribution is 9.10. The Morgan fingerprint density at radius 2 is 2.00 bits per heavy atom. The SMILES string of the molecule is COc1cc(CCl)cc(Br)c1OCc1cc(F)ccc1Cl. The minimum atomic E-state index is -0.360. The van der Waals surface area contributed by atoms with Gasteiger partial charge in [0, 0.05) is 16.5 Å². The lowest BCUT2D eigenvalue weighted by molar-refractivity contribution is 0.282. The quantitative estimate of drug-likeness (QED) is 0.618. The molecule has 0 saturated heterocycles. The average molecular weight is 394 g/mol. The Morgan fingerprint density at radius 1 is 1.24 bits per heavy atom. The molecule has 0 aliphatic rings. The van der Waals surface area contributed by atoms with Gasteiger partial charge in [-0.15, -0.1) is 11.6 Å². The molecule has 0 heterocycles. The third-order valence-corrected chi connectivity index (χ3v) is 4.09. The minimum absolute atomic E-state index is 0.131. The van der Waals surface area contributed by atoms with Crippen LogP contribution in [0.1, 0.15) is 11.1 Å². The normalized spacial score (nSPS) is 10.5. The topological polar surface area (TPSA) is 18.5 Å². The van der Waals surface area contributed by atoms with Crippen LogP contribution in [0, 0.1) is 5.82 Å². The van der Waals surface area contributed by atoms with Crippen molar-refractivity contribution in [3.63, 3.8) is 0 Å². The van der Waals surface area contributed by atoms with Crippen molar-refractivity contribution in [2.24, 2.45) is 0 Å². The average Bonchev–Trinajstić information content (AvgIpc) is 2.48. The third-order valence-electron chi connectivity index (χ3n) is 2.82. The number of rotatable bonds is 5. The first-order valence-corrected chi connectivity index (χ1v) is 7.74. The molecular weight excluding hydrogens is 382 g/mol. The fourth-order valence-corrected chi connectivity index (χ4v) is 2.72. The largest absolute Gasteiger partial charge is 0.493 e. The summed E-state index contributed by atoms with van der Waals surface area (Å²) >= 11 is 15.2. The Balaban J connectivity index is 2.25. The summed E-state index contributed by atoms with van der Waals surface area (Å²) in [5.74, 6) is 1.08. The molecule has 6 heteroatoms. The molecule has 0 aromatic heterocycles. The van der Waals surface area contributed by atoms with Gasteiger partial charge in [-0.1, -0.05) is 11.6 Å². The van der Waals surface area contributed by atoms with Crippen molar-refractivity contribution >= 4 is 39.1 Å². The molecule has 21 heavy (non-hydrogen) atoms. The van der Waals surface area contributed by atoms with Crippen LogP contribution in [-0.4, -0.2) is 7.11 Å². The highest BCUT2D eigenvalue weighted by atomic mass is 79.9. The third kappa shape index (κ3) is 4.02. The van der Waals surface area contributed by atoms with Crippen LogP contribution in [0.15, 0.2) is 34.8 Å². The van der Waals surface area contributed by atoms with Gasteiger partial charge in [-0.05, 0) is 51.8 Å². The van der Waals surface area contributed by atoms with E-state index >= 15 is 0 Å². The Kier molecular flexibility index (Phi) is 5.73. The van der Waals surface area contributed by atoms with E-state index in [1.165, 1.54) is 18.2 Å². The molecule has 0 aliphatic heterocycles. The van der Waals surface area contributed by atoms with Gasteiger partial charge in [-0.25, -0.2) is 4.39 Å². The summed E-state index contributed by atoms with van der Waals surface area (Å²) in [4.78, 5) is 0. The van der Waals surface area contributed by atoms with Gasteiger partial charge in [0.1, 0.15) is 12.4 Å². The van der Waals surface area contributed by atoms with Crippen molar-refractivity contribution in [1.29, 1.82) is 0 Å². The second-order valence-corrected chi connectivity index (χ2v) is 5.80. The van der Waals surface area contributed by atoms with Crippen LogP contribution in [-0.2, 0) is 12.5 Å². The molecule has 2 rings (SSSR count). The summed E-state index contributed by atoms with van der Waals surface area (Å²) in [6.07, 6.45) is 0. The fraction of sp³-hybridized carbons (Fsp3) is 0.200. The summed E-state index contributed by atoms with van der Waals surface area (Å²) in [6.45, 7) is 0.131. The molecule has 0 N–H and O–H groups in total. The van der Waals surface area contributed by atoms with Crippen molar-refractivity contribution in [1.82, 2.24) is 0 Å². The molecule has 0 atom stereocenters. The molecule has 2 aromatic carbocycles. The smallest absolute Gasteiger partial charge is 0.175 e. The maximum Gasteiger partial charge on any atom is 0.175 e. The van der Waals surface area contributed by atoms with Gasteiger partial charge in [0.15, 0.2) is 11.5 Å². The summed E-state index contributed by atoms with van der Waals surface area (Å²) in [5.41, 5.74) is 1.46. The molecule has 0 unspecified atom stereocenters. The van der Waals surface area contributed by atoms with Crippen LogP contribution >= 0.6 is 39.1 Å². The molecule has 0 fully saturated rings. The van der Waals surface area contributed by atoms with E-state index in [4.69, 9.17) is 32.7 Å². The van der Waals surface area contributed by atoms with Crippen molar-refractivity contribution in [2.75, 3.05) is 7.11 Å². The summed E-state index contributed by atoms with van der Waals surface area (Å²) in [7, 11) is 1.54. The molecule has 0 aliphatic carbocycles. The lowest BCUT2D eigenvalue weighted by Crippen LogP contribution is -2.00. The first-order chi connectivity index (χ1) is 10.0. The molecule has 0 amide bonds. The van der Waals surface area contributed by atoms with Crippen molar-refractivity contribution < 1.29 is 13.9 Å². The Hall–Kier alpha value is -0.970. The summed E-state index contributed by atoms with van der Waals surface area (Å²) in [6, 6.07) is 7.78. The molecule has 2 aromatic rings. The van der Waals surface area contributed by atoms with Gasteiger partial charge in [0.25, 0.3) is 0 Å². The monoisotopic (exact) mass is 392 g/mol. The van der Waals surface area contributed by atoms with E-state index in [1.54, 1.807) is 13.2 Å². The number of methoxy groups -OCH3 is 1. The van der Waals surface area contributed by atoms with E-state index in [-0.39, 0.29) is 12.4 Å². The maximum absolute atomic E-state index is 13.2. The zero-order valence-electron chi connectivity index (χ0n) is 11.1. The molecule has 112 valence electrons. The first kappa shape index (κ1) is 16.4. The molecule has 0 spiro atoms. The summed E-state index contributed by atoms with van der Waals surface area (Å²) < 4.78 is 25.0. The number of hydrogen-bond acceptors (Lipinski definition) is 2. The maximum atomic E-state index is 13.2. The lowest BCUT2D eigenvalue weighted by Gasteiger charge is -2.14. The fourth-order valence-electron chi connectivity index (χ4n) is 1.79. The first-order valence-electron chi connectivity index (χ1n) is 6.04.